The molecule has 0 bridgehead atoms. The van der Waals surface area contributed by atoms with Crippen LogP contribution in [0.2, 0.25) is 0 Å². The van der Waals surface area contributed by atoms with E-state index in [1.807, 2.05) is 25.1 Å². The molecule has 106 valence electrons. The van der Waals surface area contributed by atoms with E-state index >= 15 is 0 Å². The van der Waals surface area contributed by atoms with Crippen molar-refractivity contribution in [2.45, 2.75) is 13.5 Å². The molecule has 0 unspecified atom stereocenters. The number of nitrogens with one attached hydrogen (secondary N) is 1. The van der Waals surface area contributed by atoms with E-state index in [1.165, 1.54) is 15.6 Å². The van der Waals surface area contributed by atoms with Crippen LogP contribution in [0.25, 0.3) is 10.1 Å². The van der Waals surface area contributed by atoms with E-state index in [9.17, 15) is 4.79 Å². The lowest BCUT2D eigenvalue weighted by molar-refractivity contribution is 0.0697. The Morgan fingerprint density at radius 2 is 2.05 bits per heavy atom. The zero-order valence-corrected chi connectivity index (χ0v) is 12.4. The van der Waals surface area contributed by atoms with Gasteiger partial charge in [-0.2, -0.15) is 0 Å². The number of carboxylic acid groups (broad SMARTS) is 1. The summed E-state index contributed by atoms with van der Waals surface area (Å²) in [7, 11) is 0. The predicted molar refractivity (Wildman–Crippen MR) is 87.3 cm³/mol. The van der Waals surface area contributed by atoms with E-state index in [2.05, 4.69) is 22.8 Å². The lowest BCUT2D eigenvalue weighted by Crippen LogP contribution is -2.03. The Hall–Kier alpha value is -2.33. The molecular weight excluding hydrogens is 282 g/mol. The van der Waals surface area contributed by atoms with Crippen molar-refractivity contribution in [2.24, 2.45) is 0 Å². The van der Waals surface area contributed by atoms with Gasteiger partial charge in [-0.05, 0) is 47.0 Å². The predicted octanol–water partition coefficient (Wildman–Crippen LogP) is 4.52. The normalized spacial score (nSPS) is 10.7. The summed E-state index contributed by atoms with van der Waals surface area (Å²) >= 11 is 1.73. The lowest BCUT2D eigenvalue weighted by atomic mass is 10.1. The Morgan fingerprint density at radius 3 is 2.86 bits per heavy atom. The first-order chi connectivity index (χ1) is 10.1. The second-order valence-corrected chi connectivity index (χ2v) is 5.86. The molecule has 1 heterocycles. The number of anilines is 1. The first-order valence-electron chi connectivity index (χ1n) is 6.68. The summed E-state index contributed by atoms with van der Waals surface area (Å²) in [6.07, 6.45) is 0. The highest BCUT2D eigenvalue weighted by molar-refractivity contribution is 7.17. The van der Waals surface area contributed by atoms with Gasteiger partial charge in [0, 0.05) is 16.9 Å². The minimum atomic E-state index is -0.904. The second kappa shape index (κ2) is 5.58. The van der Waals surface area contributed by atoms with Crippen LogP contribution >= 0.6 is 11.3 Å². The van der Waals surface area contributed by atoms with Crippen molar-refractivity contribution in [3.63, 3.8) is 0 Å². The first kappa shape index (κ1) is 13.6. The first-order valence-corrected chi connectivity index (χ1v) is 7.56. The summed E-state index contributed by atoms with van der Waals surface area (Å²) in [6, 6.07) is 13.4. The molecular formula is C17H15NO2S. The van der Waals surface area contributed by atoms with Crippen LogP contribution < -0.4 is 5.32 Å². The zero-order chi connectivity index (χ0) is 14.8. The zero-order valence-electron chi connectivity index (χ0n) is 11.6. The molecule has 0 aliphatic carbocycles. The van der Waals surface area contributed by atoms with E-state index in [0.29, 0.717) is 12.1 Å². The van der Waals surface area contributed by atoms with Crippen LogP contribution in [-0.2, 0) is 6.54 Å². The number of carbonyl (C=O) groups is 1. The van der Waals surface area contributed by atoms with Gasteiger partial charge >= 0.3 is 5.97 Å². The minimum absolute atomic E-state index is 0.304. The number of fused-ring (bicyclic) bond motifs is 1. The summed E-state index contributed by atoms with van der Waals surface area (Å²) in [6.45, 7) is 2.66. The Balaban J connectivity index is 1.84. The molecule has 0 amide bonds. The molecule has 2 aromatic carbocycles. The maximum atomic E-state index is 11.0. The number of aryl methyl sites for hydroxylation is 1. The molecule has 0 radical (unpaired) electrons. The largest absolute Gasteiger partial charge is 0.478 e. The monoisotopic (exact) mass is 297 g/mol. The molecule has 1 aromatic heterocycles. The van der Waals surface area contributed by atoms with Crippen LogP contribution in [0, 0.1) is 6.92 Å². The van der Waals surface area contributed by atoms with E-state index < -0.39 is 5.97 Å². The van der Waals surface area contributed by atoms with Gasteiger partial charge in [-0.3, -0.25) is 0 Å². The molecule has 0 saturated carbocycles. The molecule has 0 fully saturated rings. The van der Waals surface area contributed by atoms with E-state index in [-0.39, 0.29) is 0 Å². The fourth-order valence-corrected chi connectivity index (χ4v) is 3.27. The second-order valence-electron chi connectivity index (χ2n) is 4.95. The number of thiophene rings is 1. The molecule has 4 heteroatoms. The van der Waals surface area contributed by atoms with Gasteiger partial charge in [0.05, 0.1) is 5.56 Å². The van der Waals surface area contributed by atoms with Crippen molar-refractivity contribution < 1.29 is 9.90 Å². The third-order valence-corrected chi connectivity index (χ3v) is 4.53. The van der Waals surface area contributed by atoms with Gasteiger partial charge < -0.3 is 10.4 Å². The average molecular weight is 297 g/mol. The topological polar surface area (TPSA) is 49.3 Å². The molecule has 0 aliphatic heterocycles. The molecule has 3 rings (SSSR count). The minimum Gasteiger partial charge on any atom is -0.478 e. The smallest absolute Gasteiger partial charge is 0.335 e. The summed E-state index contributed by atoms with van der Waals surface area (Å²) in [5.41, 5.74) is 3.44. The van der Waals surface area contributed by atoms with Crippen LogP contribution in [0.15, 0.2) is 47.8 Å². The van der Waals surface area contributed by atoms with Gasteiger partial charge in [-0.25, -0.2) is 4.79 Å². The number of hydrogen-bond donors (Lipinski definition) is 2. The number of aromatic carboxylic acids is 1. The number of rotatable bonds is 4. The lowest BCUT2D eigenvalue weighted by Gasteiger charge is -2.10. The molecule has 21 heavy (non-hydrogen) atoms. The van der Waals surface area contributed by atoms with Gasteiger partial charge in [-0.1, -0.05) is 24.3 Å². The quantitative estimate of drug-likeness (QED) is 0.744. The number of carboxylic acids is 1. The number of hydrogen-bond acceptors (Lipinski definition) is 3. The standard InChI is InChI=1S/C17H15NO2S/c1-11-6-7-12(17(19)20)8-15(11)18-9-13-10-21-16-5-3-2-4-14(13)16/h2-8,10,18H,9H2,1H3,(H,19,20). The number of benzene rings is 2. The van der Waals surface area contributed by atoms with Crippen LogP contribution in [0.1, 0.15) is 21.5 Å². The summed E-state index contributed by atoms with van der Waals surface area (Å²) in [5.74, 6) is -0.904. The van der Waals surface area contributed by atoms with Gasteiger partial charge in [0.2, 0.25) is 0 Å². The van der Waals surface area contributed by atoms with E-state index in [4.69, 9.17) is 5.11 Å². The maximum Gasteiger partial charge on any atom is 0.335 e. The molecule has 3 nitrogen and oxygen atoms in total. The Bertz CT molecular complexity index is 807. The third-order valence-electron chi connectivity index (χ3n) is 3.51. The van der Waals surface area contributed by atoms with Crippen LogP contribution in [0.5, 0.6) is 0 Å². The highest BCUT2D eigenvalue weighted by Gasteiger charge is 2.07. The molecule has 0 atom stereocenters. The molecule has 0 aliphatic rings. The van der Waals surface area contributed by atoms with Crippen LogP contribution in [0.3, 0.4) is 0 Å². The highest BCUT2D eigenvalue weighted by Crippen LogP contribution is 2.27. The average Bonchev–Trinajstić information content (AvgIpc) is 2.89. The van der Waals surface area contributed by atoms with Crippen molar-refractivity contribution >= 4 is 33.1 Å². The molecule has 0 spiro atoms. The Kier molecular flexibility index (Phi) is 3.62. The fraction of sp³-hybridized carbons (Fsp3) is 0.118. The Labute approximate surface area is 126 Å². The van der Waals surface area contributed by atoms with E-state index in [0.717, 1.165) is 11.3 Å². The van der Waals surface area contributed by atoms with Gasteiger partial charge in [0.25, 0.3) is 0 Å². The summed E-state index contributed by atoms with van der Waals surface area (Å²) < 4.78 is 1.27. The van der Waals surface area contributed by atoms with E-state index in [1.54, 1.807) is 23.5 Å². The van der Waals surface area contributed by atoms with Crippen molar-refractivity contribution in [3.8, 4) is 0 Å². The SMILES string of the molecule is Cc1ccc(C(=O)O)cc1NCc1csc2ccccc12. The summed E-state index contributed by atoms with van der Waals surface area (Å²) in [4.78, 5) is 11.0. The van der Waals surface area contributed by atoms with Crippen molar-refractivity contribution in [1.82, 2.24) is 0 Å². The van der Waals surface area contributed by atoms with Crippen LogP contribution in [-0.4, -0.2) is 11.1 Å². The highest BCUT2D eigenvalue weighted by atomic mass is 32.1. The maximum absolute atomic E-state index is 11.0. The molecule has 2 N–H and O–H groups in total. The van der Waals surface area contributed by atoms with Gasteiger partial charge in [0.1, 0.15) is 0 Å². The van der Waals surface area contributed by atoms with Gasteiger partial charge in [-0.15, -0.1) is 11.3 Å². The summed E-state index contributed by atoms with van der Waals surface area (Å²) in [5, 5.41) is 15.8. The van der Waals surface area contributed by atoms with Gasteiger partial charge in [0.15, 0.2) is 0 Å². The van der Waals surface area contributed by atoms with Crippen molar-refractivity contribution in [3.05, 3.63) is 64.5 Å². The Morgan fingerprint density at radius 1 is 1.24 bits per heavy atom. The van der Waals surface area contributed by atoms with Crippen LogP contribution in [0.4, 0.5) is 5.69 Å². The van der Waals surface area contributed by atoms with Crippen molar-refractivity contribution in [2.75, 3.05) is 5.32 Å². The third kappa shape index (κ3) is 2.76. The molecule has 3 aromatic rings. The fourth-order valence-electron chi connectivity index (χ4n) is 2.31. The van der Waals surface area contributed by atoms with Crippen molar-refractivity contribution in [1.29, 1.82) is 0 Å². The molecule has 0 saturated heterocycles.